The highest BCUT2D eigenvalue weighted by Crippen LogP contribution is 2.35. The Balaban J connectivity index is 2.53. The van der Waals surface area contributed by atoms with Crippen LogP contribution >= 0.6 is 31.9 Å². The van der Waals surface area contributed by atoms with E-state index in [1.165, 1.54) is 12.1 Å². The molecule has 7 nitrogen and oxygen atoms in total. The summed E-state index contributed by atoms with van der Waals surface area (Å²) in [6, 6.07) is 1.94. The van der Waals surface area contributed by atoms with Gasteiger partial charge in [-0.1, -0.05) is 0 Å². The predicted octanol–water partition coefficient (Wildman–Crippen LogP) is 0.669. The number of morpholine rings is 1. The third-order valence-electron chi connectivity index (χ3n) is 3.00. The van der Waals surface area contributed by atoms with Crippen molar-refractivity contribution in [3.8, 4) is 0 Å². The molecular formula is C11H13Br2N3O4S. The molecule has 1 amide bonds. The molecule has 1 unspecified atom stereocenters. The van der Waals surface area contributed by atoms with Crippen molar-refractivity contribution in [1.29, 1.82) is 0 Å². The van der Waals surface area contributed by atoms with E-state index < -0.39 is 22.0 Å². The van der Waals surface area contributed by atoms with E-state index in [1.54, 1.807) is 0 Å². The van der Waals surface area contributed by atoms with Gasteiger partial charge in [0.2, 0.25) is 15.9 Å². The van der Waals surface area contributed by atoms with Crippen LogP contribution < -0.4 is 11.5 Å². The van der Waals surface area contributed by atoms with Crippen molar-refractivity contribution in [2.24, 2.45) is 5.73 Å². The number of anilines is 1. The molecule has 1 heterocycles. The number of halogens is 2. The number of benzene rings is 1. The first-order valence-electron chi connectivity index (χ1n) is 5.88. The Hall–Kier alpha value is -0.680. The molecular weight excluding hydrogens is 430 g/mol. The molecule has 10 heteroatoms. The summed E-state index contributed by atoms with van der Waals surface area (Å²) in [5, 5.41) is 0. The maximum absolute atomic E-state index is 12.8. The van der Waals surface area contributed by atoms with Crippen molar-refractivity contribution in [3.05, 3.63) is 21.1 Å². The summed E-state index contributed by atoms with van der Waals surface area (Å²) < 4.78 is 32.4. The molecule has 1 fully saturated rings. The quantitative estimate of drug-likeness (QED) is 0.667. The Kier molecular flexibility index (Phi) is 4.93. The Labute approximate surface area is 138 Å². The van der Waals surface area contributed by atoms with Gasteiger partial charge < -0.3 is 16.2 Å². The normalized spacial score (nSPS) is 20.4. The Morgan fingerprint density at radius 2 is 1.90 bits per heavy atom. The fourth-order valence-corrected chi connectivity index (χ4v) is 6.15. The SMILES string of the molecule is NC(=O)C1COCCN1S(=O)(=O)c1c(Br)cc(N)cc1Br. The molecule has 0 saturated carbocycles. The number of carbonyl (C=O) groups is 1. The van der Waals surface area contributed by atoms with Crippen molar-refractivity contribution in [3.63, 3.8) is 0 Å². The fourth-order valence-electron chi connectivity index (χ4n) is 2.04. The molecule has 0 radical (unpaired) electrons. The van der Waals surface area contributed by atoms with Crippen LogP contribution in [0.25, 0.3) is 0 Å². The summed E-state index contributed by atoms with van der Waals surface area (Å²) in [5.74, 6) is -0.749. The lowest BCUT2D eigenvalue weighted by molar-refractivity contribution is -0.125. The number of carbonyl (C=O) groups excluding carboxylic acids is 1. The van der Waals surface area contributed by atoms with E-state index in [4.69, 9.17) is 16.2 Å². The van der Waals surface area contributed by atoms with Gasteiger partial charge in [0.25, 0.3) is 0 Å². The minimum atomic E-state index is -3.93. The molecule has 116 valence electrons. The molecule has 1 saturated heterocycles. The summed E-state index contributed by atoms with van der Waals surface area (Å²) in [7, 11) is -3.93. The zero-order valence-electron chi connectivity index (χ0n) is 10.8. The third kappa shape index (κ3) is 3.24. The molecule has 21 heavy (non-hydrogen) atoms. The first kappa shape index (κ1) is 16.7. The van der Waals surface area contributed by atoms with E-state index >= 15 is 0 Å². The Morgan fingerprint density at radius 1 is 1.33 bits per heavy atom. The molecule has 1 aromatic rings. The third-order valence-corrected chi connectivity index (χ3v) is 6.78. The van der Waals surface area contributed by atoms with Crippen LogP contribution in [0, 0.1) is 0 Å². The topological polar surface area (TPSA) is 116 Å². The Bertz CT molecular complexity index is 657. The number of nitrogens with zero attached hydrogens (tertiary/aromatic N) is 1. The summed E-state index contributed by atoms with van der Waals surface area (Å²) in [6.07, 6.45) is 0. The van der Waals surface area contributed by atoms with E-state index in [2.05, 4.69) is 31.9 Å². The number of hydrogen-bond donors (Lipinski definition) is 2. The first-order chi connectivity index (χ1) is 9.75. The number of ether oxygens (including phenoxy) is 1. The van der Waals surface area contributed by atoms with Crippen LogP contribution in [-0.4, -0.2) is 44.4 Å². The lowest BCUT2D eigenvalue weighted by atomic mass is 10.3. The van der Waals surface area contributed by atoms with Crippen LogP contribution in [0.4, 0.5) is 5.69 Å². The molecule has 1 aromatic carbocycles. The second kappa shape index (κ2) is 6.21. The lowest BCUT2D eigenvalue weighted by Gasteiger charge is -2.33. The predicted molar refractivity (Wildman–Crippen MR) is 83.9 cm³/mol. The van der Waals surface area contributed by atoms with Crippen LogP contribution in [0.2, 0.25) is 0 Å². The van der Waals surface area contributed by atoms with Crippen molar-refractivity contribution >= 4 is 53.5 Å². The van der Waals surface area contributed by atoms with Gasteiger partial charge in [0.15, 0.2) is 0 Å². The maximum atomic E-state index is 12.8. The van der Waals surface area contributed by atoms with Gasteiger partial charge in [-0.25, -0.2) is 8.42 Å². The number of primary amides is 1. The summed E-state index contributed by atoms with van der Waals surface area (Å²) in [5.41, 5.74) is 11.3. The van der Waals surface area contributed by atoms with E-state index in [0.29, 0.717) is 14.6 Å². The number of amides is 1. The molecule has 0 bridgehead atoms. The van der Waals surface area contributed by atoms with Gasteiger partial charge >= 0.3 is 0 Å². The van der Waals surface area contributed by atoms with Gasteiger partial charge in [0.05, 0.1) is 13.2 Å². The van der Waals surface area contributed by atoms with Crippen LogP contribution in [0.1, 0.15) is 0 Å². The Morgan fingerprint density at radius 3 is 2.43 bits per heavy atom. The van der Waals surface area contributed by atoms with Crippen molar-refractivity contribution < 1.29 is 17.9 Å². The van der Waals surface area contributed by atoms with Crippen LogP contribution in [-0.2, 0) is 19.6 Å². The summed E-state index contributed by atoms with van der Waals surface area (Å²) in [4.78, 5) is 11.5. The number of nitrogens with two attached hydrogens (primary N) is 2. The van der Waals surface area contributed by atoms with Gasteiger partial charge in [-0.05, 0) is 44.0 Å². The number of hydrogen-bond acceptors (Lipinski definition) is 5. The molecule has 0 aromatic heterocycles. The second-order valence-electron chi connectivity index (χ2n) is 4.42. The fraction of sp³-hybridized carbons (Fsp3) is 0.364. The van der Waals surface area contributed by atoms with E-state index in [1.807, 2.05) is 0 Å². The molecule has 0 spiro atoms. The molecule has 1 aliphatic heterocycles. The van der Waals surface area contributed by atoms with Crippen LogP contribution in [0.15, 0.2) is 26.0 Å². The zero-order valence-corrected chi connectivity index (χ0v) is 14.7. The molecule has 4 N–H and O–H groups in total. The summed E-state index contributed by atoms with van der Waals surface area (Å²) >= 11 is 6.39. The van der Waals surface area contributed by atoms with Crippen LogP contribution in [0.5, 0.6) is 0 Å². The highest BCUT2D eigenvalue weighted by molar-refractivity contribution is 9.11. The lowest BCUT2D eigenvalue weighted by Crippen LogP contribution is -2.54. The standard InChI is InChI=1S/C11H13Br2N3O4S/c12-7-3-6(14)4-8(13)10(7)21(18,19)16-1-2-20-5-9(16)11(15)17/h3-4,9H,1-2,5,14H2,(H2,15,17). The van der Waals surface area contributed by atoms with E-state index in [9.17, 15) is 13.2 Å². The molecule has 2 rings (SSSR count). The monoisotopic (exact) mass is 441 g/mol. The highest BCUT2D eigenvalue weighted by Gasteiger charge is 2.39. The minimum Gasteiger partial charge on any atom is -0.399 e. The van der Waals surface area contributed by atoms with Gasteiger partial charge in [-0.15, -0.1) is 0 Å². The van der Waals surface area contributed by atoms with Gasteiger partial charge in [0, 0.05) is 21.2 Å². The second-order valence-corrected chi connectivity index (χ2v) is 7.96. The number of rotatable bonds is 3. The van der Waals surface area contributed by atoms with Gasteiger partial charge in [-0.2, -0.15) is 4.31 Å². The highest BCUT2D eigenvalue weighted by atomic mass is 79.9. The number of sulfonamides is 1. The largest absolute Gasteiger partial charge is 0.399 e. The minimum absolute atomic E-state index is 0.00449. The average Bonchev–Trinajstić information content (AvgIpc) is 2.37. The molecule has 1 atom stereocenters. The van der Waals surface area contributed by atoms with Crippen LogP contribution in [0.3, 0.4) is 0 Å². The smallest absolute Gasteiger partial charge is 0.246 e. The molecule has 1 aliphatic rings. The summed E-state index contributed by atoms with van der Waals surface area (Å²) in [6.45, 7) is 0.200. The average molecular weight is 443 g/mol. The zero-order chi connectivity index (χ0) is 15.8. The van der Waals surface area contributed by atoms with Crippen molar-refractivity contribution in [2.75, 3.05) is 25.5 Å². The van der Waals surface area contributed by atoms with Gasteiger partial charge in [0.1, 0.15) is 10.9 Å². The first-order valence-corrected chi connectivity index (χ1v) is 8.91. The van der Waals surface area contributed by atoms with E-state index in [-0.39, 0.29) is 24.7 Å². The van der Waals surface area contributed by atoms with Crippen molar-refractivity contribution in [2.45, 2.75) is 10.9 Å². The van der Waals surface area contributed by atoms with E-state index in [0.717, 1.165) is 4.31 Å². The van der Waals surface area contributed by atoms with Gasteiger partial charge in [-0.3, -0.25) is 4.79 Å². The number of nitrogen functional groups attached to an aromatic ring is 1. The molecule has 0 aliphatic carbocycles. The van der Waals surface area contributed by atoms with Crippen molar-refractivity contribution in [1.82, 2.24) is 4.31 Å². The maximum Gasteiger partial charge on any atom is 0.246 e.